The molecule has 136 valence electrons. The lowest BCUT2D eigenvalue weighted by Gasteiger charge is -2.19. The third kappa shape index (κ3) is 8.51. The fourth-order valence-corrected chi connectivity index (χ4v) is 2.70. The quantitative estimate of drug-likeness (QED) is 0.360. The van der Waals surface area contributed by atoms with E-state index in [1.165, 1.54) is 0 Å². The van der Waals surface area contributed by atoms with E-state index in [0.29, 0.717) is 32.1 Å². The number of aliphatic hydroxyl groups is 1. The molecular weight excluding hydrogens is 316 g/mol. The molecule has 0 heterocycles. The molecule has 0 aromatic rings. The van der Waals surface area contributed by atoms with E-state index in [9.17, 15) is 14.7 Å². The van der Waals surface area contributed by atoms with Crippen molar-refractivity contribution in [2.45, 2.75) is 58.0 Å². The van der Waals surface area contributed by atoms with Crippen LogP contribution in [0.3, 0.4) is 0 Å². The maximum Gasteiger partial charge on any atom is 0.303 e. The second-order valence-corrected chi connectivity index (χ2v) is 6.58. The van der Waals surface area contributed by atoms with Crippen LogP contribution >= 0.6 is 0 Å². The molecule has 4 nitrogen and oxygen atoms in total. The van der Waals surface area contributed by atoms with E-state index in [1.54, 1.807) is 26.0 Å². The third-order valence-electron chi connectivity index (χ3n) is 4.24. The predicted molar refractivity (Wildman–Crippen MR) is 98.8 cm³/mol. The Bertz CT molecular complexity index is 599. The van der Waals surface area contributed by atoms with Gasteiger partial charge in [-0.1, -0.05) is 30.4 Å². The van der Waals surface area contributed by atoms with E-state index in [0.717, 1.165) is 0 Å². The molecule has 0 aliphatic heterocycles. The average molecular weight is 344 g/mol. The van der Waals surface area contributed by atoms with E-state index in [4.69, 9.17) is 5.11 Å². The SMILES string of the molecule is CC#CCCC(C)(O)/C=C/[C@H]1C=CC(=O)[C@@H]1C/C=C\CCCC(=O)O. The van der Waals surface area contributed by atoms with Crippen LogP contribution in [0.1, 0.15) is 52.4 Å². The molecule has 1 unspecified atom stereocenters. The highest BCUT2D eigenvalue weighted by Gasteiger charge is 2.28. The summed E-state index contributed by atoms with van der Waals surface area (Å²) >= 11 is 0. The topological polar surface area (TPSA) is 74.6 Å². The summed E-state index contributed by atoms with van der Waals surface area (Å²) in [5, 5.41) is 18.9. The van der Waals surface area contributed by atoms with Crippen molar-refractivity contribution in [3.05, 3.63) is 36.5 Å². The van der Waals surface area contributed by atoms with Gasteiger partial charge < -0.3 is 10.2 Å². The minimum absolute atomic E-state index is 0.0140. The molecule has 25 heavy (non-hydrogen) atoms. The van der Waals surface area contributed by atoms with Gasteiger partial charge in [-0.25, -0.2) is 0 Å². The molecule has 1 aliphatic carbocycles. The summed E-state index contributed by atoms with van der Waals surface area (Å²) in [7, 11) is 0. The predicted octanol–water partition coefficient (Wildman–Crippen LogP) is 3.67. The minimum Gasteiger partial charge on any atom is -0.481 e. The van der Waals surface area contributed by atoms with E-state index >= 15 is 0 Å². The van der Waals surface area contributed by atoms with E-state index in [2.05, 4.69) is 11.8 Å². The number of allylic oxidation sites excluding steroid dienone is 5. The standard InChI is InChI=1S/C21H28O4/c1-3-4-9-15-21(2,25)16-14-17-12-13-19(22)18(17)10-7-5-6-8-11-20(23)24/h5,7,12-14,16-18,25H,6,8-11,15H2,1-2H3,(H,23,24)/b7-5-,16-14+/t17-,18-,21?/m1/s1. The molecule has 3 atom stereocenters. The van der Waals surface area contributed by atoms with Gasteiger partial charge in [-0.3, -0.25) is 9.59 Å². The van der Waals surface area contributed by atoms with Gasteiger partial charge in [0.2, 0.25) is 0 Å². The van der Waals surface area contributed by atoms with Gasteiger partial charge in [0.15, 0.2) is 5.78 Å². The Labute approximate surface area is 150 Å². The number of carboxylic acids is 1. The minimum atomic E-state index is -0.930. The summed E-state index contributed by atoms with van der Waals surface area (Å²) in [6, 6.07) is 0. The van der Waals surface area contributed by atoms with E-state index in [-0.39, 0.29) is 24.0 Å². The number of rotatable bonds is 10. The zero-order chi connectivity index (χ0) is 18.7. The molecule has 0 aromatic heterocycles. The van der Waals surface area contributed by atoms with Crippen molar-refractivity contribution >= 4 is 11.8 Å². The molecular formula is C21H28O4. The Kier molecular flexibility index (Phi) is 8.94. The molecule has 0 radical (unpaired) electrons. The molecule has 0 aromatic carbocycles. The smallest absolute Gasteiger partial charge is 0.303 e. The van der Waals surface area contributed by atoms with Crippen LogP contribution in [0.2, 0.25) is 0 Å². The molecule has 2 N–H and O–H groups in total. The monoisotopic (exact) mass is 344 g/mol. The Morgan fingerprint density at radius 1 is 1.40 bits per heavy atom. The maximum atomic E-state index is 12.0. The van der Waals surface area contributed by atoms with Gasteiger partial charge >= 0.3 is 5.97 Å². The number of carboxylic acid groups (broad SMARTS) is 1. The Morgan fingerprint density at radius 3 is 2.84 bits per heavy atom. The highest BCUT2D eigenvalue weighted by molar-refractivity contribution is 5.95. The van der Waals surface area contributed by atoms with Crippen molar-refractivity contribution in [2.75, 3.05) is 0 Å². The van der Waals surface area contributed by atoms with Gasteiger partial charge in [0.05, 0.1) is 5.60 Å². The molecule has 0 bridgehead atoms. The van der Waals surface area contributed by atoms with Crippen LogP contribution < -0.4 is 0 Å². The number of hydrogen-bond donors (Lipinski definition) is 2. The Hall–Kier alpha value is -2.12. The van der Waals surface area contributed by atoms with Gasteiger partial charge in [0.25, 0.3) is 0 Å². The van der Waals surface area contributed by atoms with Crippen molar-refractivity contribution in [1.29, 1.82) is 0 Å². The summed E-state index contributed by atoms with van der Waals surface area (Å²) in [5.41, 5.74) is -0.930. The third-order valence-corrected chi connectivity index (χ3v) is 4.24. The first-order valence-electron chi connectivity index (χ1n) is 8.76. The van der Waals surface area contributed by atoms with Crippen molar-refractivity contribution in [1.82, 2.24) is 0 Å². The van der Waals surface area contributed by atoms with Crippen LogP contribution in [-0.4, -0.2) is 27.6 Å². The van der Waals surface area contributed by atoms with Gasteiger partial charge in [0, 0.05) is 24.7 Å². The maximum absolute atomic E-state index is 12.0. The van der Waals surface area contributed by atoms with Crippen LogP contribution in [0.4, 0.5) is 0 Å². The Morgan fingerprint density at radius 2 is 2.16 bits per heavy atom. The van der Waals surface area contributed by atoms with Crippen LogP contribution in [0.25, 0.3) is 0 Å². The van der Waals surface area contributed by atoms with Crippen LogP contribution in [-0.2, 0) is 9.59 Å². The lowest BCUT2D eigenvalue weighted by Crippen LogP contribution is -2.21. The fraction of sp³-hybridized carbons (Fsp3) is 0.524. The van der Waals surface area contributed by atoms with Crippen LogP contribution in [0.15, 0.2) is 36.5 Å². The summed E-state index contributed by atoms with van der Waals surface area (Å²) in [6.45, 7) is 3.53. The molecule has 4 heteroatoms. The van der Waals surface area contributed by atoms with Crippen molar-refractivity contribution < 1.29 is 19.8 Å². The Balaban J connectivity index is 2.51. The number of hydrogen-bond acceptors (Lipinski definition) is 3. The van der Waals surface area contributed by atoms with E-state index < -0.39 is 11.6 Å². The first-order chi connectivity index (χ1) is 11.9. The normalized spacial score (nSPS) is 22.3. The zero-order valence-electron chi connectivity index (χ0n) is 15.1. The van der Waals surface area contributed by atoms with Crippen molar-refractivity contribution in [3.8, 4) is 11.8 Å². The largest absolute Gasteiger partial charge is 0.481 e. The van der Waals surface area contributed by atoms with Gasteiger partial charge in [-0.15, -0.1) is 11.8 Å². The van der Waals surface area contributed by atoms with Gasteiger partial charge in [-0.05, 0) is 45.6 Å². The number of unbranched alkanes of at least 4 members (excludes halogenated alkanes) is 1. The number of ketones is 1. The summed E-state index contributed by atoms with van der Waals surface area (Å²) in [6.07, 6.45) is 14.3. The lowest BCUT2D eigenvalue weighted by molar-refractivity contribution is -0.137. The highest BCUT2D eigenvalue weighted by atomic mass is 16.4. The van der Waals surface area contributed by atoms with Crippen molar-refractivity contribution in [2.24, 2.45) is 11.8 Å². The second-order valence-electron chi connectivity index (χ2n) is 6.58. The zero-order valence-corrected chi connectivity index (χ0v) is 15.1. The number of carbonyl (C=O) groups excluding carboxylic acids is 1. The number of carbonyl (C=O) groups is 2. The molecule has 0 fully saturated rings. The first kappa shape index (κ1) is 20.9. The molecule has 0 saturated heterocycles. The summed E-state index contributed by atoms with van der Waals surface area (Å²) in [5.74, 6) is 4.91. The molecule has 1 rings (SSSR count). The fourth-order valence-electron chi connectivity index (χ4n) is 2.70. The van der Waals surface area contributed by atoms with Crippen LogP contribution in [0.5, 0.6) is 0 Å². The highest BCUT2D eigenvalue weighted by Crippen LogP contribution is 2.28. The van der Waals surface area contributed by atoms with Gasteiger partial charge in [0.1, 0.15) is 0 Å². The van der Waals surface area contributed by atoms with E-state index in [1.807, 2.05) is 24.3 Å². The van der Waals surface area contributed by atoms with Gasteiger partial charge in [-0.2, -0.15) is 0 Å². The average Bonchev–Trinajstić information content (AvgIpc) is 2.89. The first-order valence-corrected chi connectivity index (χ1v) is 8.76. The molecule has 1 aliphatic rings. The molecule has 0 spiro atoms. The second kappa shape index (κ2) is 10.7. The summed E-state index contributed by atoms with van der Waals surface area (Å²) < 4.78 is 0. The van der Waals surface area contributed by atoms with Crippen LogP contribution in [0, 0.1) is 23.7 Å². The molecule has 0 saturated carbocycles. The molecule has 0 amide bonds. The number of aliphatic carboxylic acids is 1. The summed E-state index contributed by atoms with van der Waals surface area (Å²) in [4.78, 5) is 22.5. The lowest BCUT2D eigenvalue weighted by atomic mass is 9.89. The van der Waals surface area contributed by atoms with Crippen molar-refractivity contribution in [3.63, 3.8) is 0 Å².